The normalized spacial score (nSPS) is 14.8. The zero-order chi connectivity index (χ0) is 28.0. The Kier molecular flexibility index (Phi) is 6.96. The van der Waals surface area contributed by atoms with E-state index in [0.717, 1.165) is 0 Å². The fourth-order valence-electron chi connectivity index (χ4n) is 4.70. The zero-order valence-corrected chi connectivity index (χ0v) is 23.3. The number of amides is 2. The molecular formula is C26H25Cl2N7O4. The average Bonchev–Trinajstić information content (AvgIpc) is 3.29. The van der Waals surface area contributed by atoms with Crippen LogP contribution < -0.4 is 25.2 Å². The Hall–Kier alpha value is -4.09. The number of rotatable bonds is 6. The molecule has 39 heavy (non-hydrogen) atoms. The molecule has 4 heterocycles. The summed E-state index contributed by atoms with van der Waals surface area (Å²) >= 11 is 12.5. The number of halogens is 2. The number of benzene rings is 1. The van der Waals surface area contributed by atoms with E-state index in [1.165, 1.54) is 35.9 Å². The molecule has 13 heteroatoms. The number of carbonyl (C=O) groups excluding carboxylic acids is 1. The summed E-state index contributed by atoms with van der Waals surface area (Å²) in [6.07, 6.45) is 3.05. The summed E-state index contributed by atoms with van der Waals surface area (Å²) in [5.41, 5.74) is 1.57. The molecule has 0 aliphatic carbocycles. The second kappa shape index (κ2) is 10.2. The molecule has 1 atom stereocenters. The molecule has 5 rings (SSSR count). The van der Waals surface area contributed by atoms with E-state index in [9.17, 15) is 9.59 Å². The molecule has 1 aliphatic rings. The van der Waals surface area contributed by atoms with E-state index in [4.69, 9.17) is 37.7 Å². The predicted octanol–water partition coefficient (Wildman–Crippen LogP) is 5.09. The summed E-state index contributed by atoms with van der Waals surface area (Å²) in [5.74, 6) is 1.05. The van der Waals surface area contributed by atoms with Gasteiger partial charge in [-0.25, -0.2) is 14.8 Å². The molecular weight excluding hydrogens is 545 g/mol. The Bertz CT molecular complexity index is 1630. The largest absolute Gasteiger partial charge is 0.480 e. The smallest absolute Gasteiger partial charge is 0.328 e. The number of nitrogens with zero attached hydrogens (tertiary/aromatic N) is 6. The fourth-order valence-corrected chi connectivity index (χ4v) is 5.07. The van der Waals surface area contributed by atoms with Crippen LogP contribution >= 0.6 is 23.2 Å². The van der Waals surface area contributed by atoms with E-state index in [1.54, 1.807) is 25.4 Å². The Labute approximate surface area is 233 Å². The molecule has 202 valence electrons. The summed E-state index contributed by atoms with van der Waals surface area (Å²) < 4.78 is 14.0. The van der Waals surface area contributed by atoms with Crippen molar-refractivity contribution < 1.29 is 14.3 Å². The van der Waals surface area contributed by atoms with Crippen LogP contribution in [0.2, 0.25) is 10.0 Å². The lowest BCUT2D eigenvalue weighted by atomic mass is 9.99. The van der Waals surface area contributed by atoms with Gasteiger partial charge in [0, 0.05) is 30.5 Å². The minimum Gasteiger partial charge on any atom is -0.480 e. The summed E-state index contributed by atoms with van der Waals surface area (Å²) in [6, 6.07) is 7.26. The van der Waals surface area contributed by atoms with E-state index in [1.807, 2.05) is 30.5 Å². The first-order valence-corrected chi connectivity index (χ1v) is 12.7. The number of ether oxygens (including phenoxy) is 2. The van der Waals surface area contributed by atoms with E-state index in [0.29, 0.717) is 38.5 Å². The third kappa shape index (κ3) is 4.57. The maximum absolute atomic E-state index is 13.7. The van der Waals surface area contributed by atoms with Crippen LogP contribution in [0.1, 0.15) is 37.2 Å². The first-order valence-electron chi connectivity index (χ1n) is 11.9. The van der Waals surface area contributed by atoms with E-state index in [2.05, 4.69) is 15.3 Å². The molecule has 4 aromatic rings. The highest BCUT2D eigenvalue weighted by molar-refractivity contribution is 6.31. The molecule has 3 aromatic heterocycles. The van der Waals surface area contributed by atoms with E-state index < -0.39 is 17.6 Å². The number of urea groups is 1. The Morgan fingerprint density at radius 1 is 1.03 bits per heavy atom. The van der Waals surface area contributed by atoms with E-state index >= 15 is 0 Å². The van der Waals surface area contributed by atoms with Crippen molar-refractivity contribution in [2.45, 2.75) is 25.9 Å². The van der Waals surface area contributed by atoms with Gasteiger partial charge in [-0.05, 0) is 37.6 Å². The highest BCUT2D eigenvalue weighted by atomic mass is 35.5. The number of pyridine rings is 1. The average molecular weight is 570 g/mol. The van der Waals surface area contributed by atoms with Gasteiger partial charge in [-0.1, -0.05) is 35.3 Å². The predicted molar refractivity (Wildman–Crippen MR) is 148 cm³/mol. The molecule has 2 amide bonds. The quantitative estimate of drug-likeness (QED) is 0.344. The summed E-state index contributed by atoms with van der Waals surface area (Å²) in [7, 11) is 4.53. The minimum absolute atomic E-state index is 0.108. The van der Waals surface area contributed by atoms with Gasteiger partial charge in [0.05, 0.1) is 30.5 Å². The summed E-state index contributed by atoms with van der Waals surface area (Å²) in [6.45, 7) is 3.97. The second-order valence-corrected chi connectivity index (χ2v) is 10.00. The number of aryl methyl sites for hydroxylation is 1. The molecule has 0 saturated carbocycles. The van der Waals surface area contributed by atoms with Crippen molar-refractivity contribution in [3.63, 3.8) is 0 Å². The van der Waals surface area contributed by atoms with Gasteiger partial charge in [0.2, 0.25) is 5.88 Å². The molecule has 0 bridgehead atoms. The molecule has 1 unspecified atom stereocenters. The highest BCUT2D eigenvalue weighted by Gasteiger charge is 2.41. The van der Waals surface area contributed by atoms with Crippen LogP contribution in [0, 0.1) is 0 Å². The number of carbonyl (C=O) groups is 1. The maximum Gasteiger partial charge on any atom is 0.328 e. The number of hydrogen-bond donors (Lipinski definition) is 1. The number of fused-ring (bicyclic) bond motifs is 1. The van der Waals surface area contributed by atoms with Crippen LogP contribution in [0.3, 0.4) is 0 Å². The number of nitrogens with one attached hydrogen (secondary N) is 1. The SMILES string of the molecule is COc1ncc(-c2nc3c(n2C(C)C)C(c2ccc(Cl)cc2)N(c2cc(Cl)cn(C)c2=O)C(=O)N3)c(OC)n1. The number of aromatic nitrogens is 5. The number of anilines is 2. The lowest BCUT2D eigenvalue weighted by molar-refractivity contribution is 0.254. The maximum atomic E-state index is 13.7. The van der Waals surface area contributed by atoms with Crippen molar-refractivity contribution >= 4 is 40.7 Å². The third-order valence-electron chi connectivity index (χ3n) is 6.35. The van der Waals surface area contributed by atoms with Crippen molar-refractivity contribution in [3.05, 3.63) is 74.4 Å². The first kappa shape index (κ1) is 26.5. The van der Waals surface area contributed by atoms with Gasteiger partial charge in [0.25, 0.3) is 5.56 Å². The Balaban J connectivity index is 1.83. The lowest BCUT2D eigenvalue weighted by Crippen LogP contribution is -2.46. The van der Waals surface area contributed by atoms with Gasteiger partial charge in [-0.15, -0.1) is 0 Å². The van der Waals surface area contributed by atoms with Crippen LogP contribution in [-0.4, -0.2) is 44.3 Å². The molecule has 1 aromatic carbocycles. The number of methoxy groups -OCH3 is 2. The van der Waals surface area contributed by atoms with Crippen molar-refractivity contribution in [2.24, 2.45) is 7.05 Å². The molecule has 11 nitrogen and oxygen atoms in total. The highest BCUT2D eigenvalue weighted by Crippen LogP contribution is 2.44. The number of hydrogen-bond acceptors (Lipinski definition) is 7. The lowest BCUT2D eigenvalue weighted by Gasteiger charge is -2.37. The second-order valence-electron chi connectivity index (χ2n) is 9.13. The van der Waals surface area contributed by atoms with Gasteiger partial charge in [0.1, 0.15) is 17.6 Å². The molecule has 1 aliphatic heterocycles. The van der Waals surface area contributed by atoms with Gasteiger partial charge in [-0.2, -0.15) is 4.98 Å². The molecule has 0 fully saturated rings. The van der Waals surface area contributed by atoms with Crippen LogP contribution in [0.5, 0.6) is 11.9 Å². The van der Waals surface area contributed by atoms with Crippen LogP contribution in [0.4, 0.5) is 16.3 Å². The van der Waals surface area contributed by atoms with Crippen molar-refractivity contribution in [2.75, 3.05) is 24.4 Å². The van der Waals surface area contributed by atoms with Crippen LogP contribution in [0.25, 0.3) is 11.4 Å². The number of imidazole rings is 1. The Morgan fingerprint density at radius 3 is 2.38 bits per heavy atom. The molecule has 0 radical (unpaired) electrons. The minimum atomic E-state index is -0.758. The first-order chi connectivity index (χ1) is 18.6. The third-order valence-corrected chi connectivity index (χ3v) is 6.81. The fraction of sp³-hybridized carbons (Fsp3) is 0.269. The molecule has 1 N–H and O–H groups in total. The zero-order valence-electron chi connectivity index (χ0n) is 21.8. The van der Waals surface area contributed by atoms with Crippen molar-refractivity contribution in [1.82, 2.24) is 24.1 Å². The monoisotopic (exact) mass is 569 g/mol. The van der Waals surface area contributed by atoms with Gasteiger partial charge in [0.15, 0.2) is 5.82 Å². The van der Waals surface area contributed by atoms with E-state index in [-0.39, 0.29) is 23.6 Å². The van der Waals surface area contributed by atoms with Crippen LogP contribution in [0.15, 0.2) is 47.5 Å². The summed E-state index contributed by atoms with van der Waals surface area (Å²) in [4.78, 5) is 41.7. The van der Waals surface area contributed by atoms with Gasteiger partial charge < -0.3 is 18.6 Å². The Morgan fingerprint density at radius 2 is 1.74 bits per heavy atom. The van der Waals surface area contributed by atoms with Gasteiger partial charge >= 0.3 is 12.0 Å². The standard InChI is InChI=1S/C26H25Cl2N7O4/c1-13(2)34-20-19(14-6-8-15(27)9-7-14)35(18-10-16(28)12-33(3)24(18)36)26(37)31-21(20)30-22(34)17-11-29-25(39-5)32-23(17)38-4/h6-13,19H,1-5H3,(H,31,37). The van der Waals surface area contributed by atoms with Crippen molar-refractivity contribution in [3.8, 4) is 23.3 Å². The molecule has 0 spiro atoms. The van der Waals surface area contributed by atoms with Gasteiger partial charge in [-0.3, -0.25) is 15.0 Å². The van der Waals surface area contributed by atoms with Crippen molar-refractivity contribution in [1.29, 1.82) is 0 Å². The van der Waals surface area contributed by atoms with Crippen LogP contribution in [-0.2, 0) is 7.05 Å². The topological polar surface area (TPSA) is 116 Å². The summed E-state index contributed by atoms with van der Waals surface area (Å²) in [5, 5.41) is 3.70. The molecule has 0 saturated heterocycles.